The molecule has 1 aliphatic carbocycles. The molecule has 2 aliphatic rings. The summed E-state index contributed by atoms with van der Waals surface area (Å²) in [7, 11) is 0. The van der Waals surface area contributed by atoms with Crippen LogP contribution in [0.15, 0.2) is 53.6 Å². The zero-order valence-corrected chi connectivity index (χ0v) is 16.9. The van der Waals surface area contributed by atoms with Gasteiger partial charge in [-0.1, -0.05) is 36.4 Å². The molecule has 0 radical (unpaired) electrons. The van der Waals surface area contributed by atoms with Gasteiger partial charge in [-0.25, -0.2) is 4.98 Å². The van der Waals surface area contributed by atoms with Crippen molar-refractivity contribution in [3.8, 4) is 16.5 Å². The number of pyridine rings is 1. The Kier molecular flexibility index (Phi) is 4.60. The summed E-state index contributed by atoms with van der Waals surface area (Å²) in [5, 5.41) is 17.0. The number of hydrogen-bond acceptors (Lipinski definition) is 7. The van der Waals surface area contributed by atoms with Gasteiger partial charge in [-0.3, -0.25) is 10.2 Å². The predicted octanol–water partition coefficient (Wildman–Crippen LogP) is 3.33. The normalized spacial score (nSPS) is 18.8. The number of carbonyl (C=O) groups is 1. The smallest absolute Gasteiger partial charge is 0.230 e. The molecule has 0 bridgehead atoms. The number of amides is 1. The minimum Gasteiger partial charge on any atom is -0.454 e. The van der Waals surface area contributed by atoms with Gasteiger partial charge in [0.2, 0.25) is 11.8 Å². The van der Waals surface area contributed by atoms with Crippen molar-refractivity contribution < 1.29 is 9.53 Å². The molecule has 2 aromatic heterocycles. The maximum Gasteiger partial charge on any atom is 0.230 e. The van der Waals surface area contributed by atoms with E-state index in [0.29, 0.717) is 25.2 Å². The van der Waals surface area contributed by atoms with Gasteiger partial charge < -0.3 is 10.1 Å². The Morgan fingerprint density at radius 2 is 2.13 bits per heavy atom. The zero-order valence-electron chi connectivity index (χ0n) is 16.1. The number of thiophene rings is 1. The molecule has 1 saturated carbocycles. The summed E-state index contributed by atoms with van der Waals surface area (Å²) in [6.07, 6.45) is 1.59. The Morgan fingerprint density at radius 3 is 2.90 bits per heavy atom. The van der Waals surface area contributed by atoms with Crippen LogP contribution in [-0.2, 0) is 16.0 Å². The molecule has 0 spiro atoms. The predicted molar refractivity (Wildman–Crippen MR) is 115 cm³/mol. The Hall–Kier alpha value is -3.44. The highest BCUT2D eigenvalue weighted by Gasteiger charge is 2.44. The van der Waals surface area contributed by atoms with E-state index in [2.05, 4.69) is 46.2 Å². The van der Waals surface area contributed by atoms with Gasteiger partial charge in [0.15, 0.2) is 6.23 Å². The van der Waals surface area contributed by atoms with Gasteiger partial charge >= 0.3 is 0 Å². The molecule has 1 aromatic carbocycles. The molecule has 2 N–H and O–H groups in total. The number of hydrogen-bond donors (Lipinski definition) is 2. The second-order valence-corrected chi connectivity index (χ2v) is 8.57. The molecule has 3 heterocycles. The molecule has 5 rings (SSSR count). The Morgan fingerprint density at radius 1 is 1.30 bits per heavy atom. The third-order valence-electron chi connectivity index (χ3n) is 5.16. The first-order valence-electron chi connectivity index (χ1n) is 9.78. The monoisotopic (exact) mass is 417 g/mol. The van der Waals surface area contributed by atoms with E-state index in [1.165, 1.54) is 10.4 Å². The van der Waals surface area contributed by atoms with Crippen LogP contribution in [0.5, 0.6) is 0 Å². The van der Waals surface area contributed by atoms with E-state index >= 15 is 0 Å². The van der Waals surface area contributed by atoms with E-state index in [4.69, 9.17) is 15.0 Å². The highest BCUT2D eigenvalue weighted by atomic mass is 32.1. The minimum absolute atomic E-state index is 0.0186. The molecule has 0 saturated heterocycles. The van der Waals surface area contributed by atoms with Crippen molar-refractivity contribution in [3.05, 3.63) is 54.2 Å². The van der Waals surface area contributed by atoms with Gasteiger partial charge in [0.25, 0.3) is 0 Å². The maximum atomic E-state index is 12.1. The lowest BCUT2D eigenvalue weighted by molar-refractivity contribution is -0.120. The lowest BCUT2D eigenvalue weighted by Gasteiger charge is -2.11. The summed E-state index contributed by atoms with van der Waals surface area (Å²) in [5.74, 6) is 0.0802. The third-order valence-corrected chi connectivity index (χ3v) is 6.25. The van der Waals surface area contributed by atoms with E-state index in [1.807, 2.05) is 24.3 Å². The largest absolute Gasteiger partial charge is 0.454 e. The molecular formula is C22H19N5O2S. The summed E-state index contributed by atoms with van der Waals surface area (Å²) in [4.78, 5) is 19.0. The van der Waals surface area contributed by atoms with Crippen LogP contribution in [0.2, 0.25) is 0 Å². The number of rotatable bonds is 6. The number of nitriles is 1. The summed E-state index contributed by atoms with van der Waals surface area (Å²) in [6, 6.07) is 18.6. The van der Waals surface area contributed by atoms with Crippen molar-refractivity contribution in [1.82, 2.24) is 15.7 Å². The van der Waals surface area contributed by atoms with Crippen LogP contribution in [0, 0.1) is 11.3 Å². The zero-order chi connectivity index (χ0) is 20.6. The fourth-order valence-electron chi connectivity index (χ4n) is 3.37. The standard InChI is InChI=1S/C22H19N5O2S/c23-13-22(8-9-22)25-18(28)12-20-27-26-19(29-20)11-16-7-6-15-10-17(30-21(15)24-16)14-4-2-1-3-5-14/h1-7,10,19,26H,8-9,11-12H2,(H,25,28). The molecule has 1 amide bonds. The highest BCUT2D eigenvalue weighted by molar-refractivity contribution is 7.21. The summed E-state index contributed by atoms with van der Waals surface area (Å²) < 4.78 is 5.75. The van der Waals surface area contributed by atoms with Gasteiger partial charge in [-0.2, -0.15) is 5.26 Å². The fourth-order valence-corrected chi connectivity index (χ4v) is 4.43. The number of nitrogens with zero attached hydrogens (tertiary/aromatic N) is 3. The van der Waals surface area contributed by atoms with E-state index in [0.717, 1.165) is 15.9 Å². The van der Waals surface area contributed by atoms with Crippen molar-refractivity contribution in [2.24, 2.45) is 5.10 Å². The van der Waals surface area contributed by atoms with Crippen LogP contribution in [0.1, 0.15) is 25.0 Å². The quantitative estimate of drug-likeness (QED) is 0.641. The second kappa shape index (κ2) is 7.43. The maximum absolute atomic E-state index is 12.1. The molecule has 7 nitrogen and oxygen atoms in total. The van der Waals surface area contributed by atoms with Crippen LogP contribution in [-0.4, -0.2) is 28.6 Å². The lowest BCUT2D eigenvalue weighted by Crippen LogP contribution is -2.36. The van der Waals surface area contributed by atoms with E-state index in [1.54, 1.807) is 11.3 Å². The molecule has 3 aromatic rings. The van der Waals surface area contributed by atoms with Crippen LogP contribution >= 0.6 is 11.3 Å². The van der Waals surface area contributed by atoms with Gasteiger partial charge in [0.1, 0.15) is 16.8 Å². The summed E-state index contributed by atoms with van der Waals surface area (Å²) in [6.45, 7) is 0. The van der Waals surface area contributed by atoms with Gasteiger partial charge in [0, 0.05) is 22.4 Å². The van der Waals surface area contributed by atoms with Crippen LogP contribution in [0.25, 0.3) is 20.7 Å². The van der Waals surface area contributed by atoms with Crippen LogP contribution < -0.4 is 10.7 Å². The first-order chi connectivity index (χ1) is 14.6. The number of nitrogens with one attached hydrogen (secondary N) is 2. The Labute approximate surface area is 177 Å². The summed E-state index contributed by atoms with van der Waals surface area (Å²) >= 11 is 1.66. The molecule has 1 atom stereocenters. The average molecular weight is 417 g/mol. The molecule has 1 aliphatic heterocycles. The van der Waals surface area contributed by atoms with Crippen molar-refractivity contribution in [1.29, 1.82) is 5.26 Å². The van der Waals surface area contributed by atoms with E-state index in [9.17, 15) is 4.79 Å². The molecule has 1 unspecified atom stereocenters. The van der Waals surface area contributed by atoms with E-state index < -0.39 is 5.54 Å². The molecule has 1 fully saturated rings. The van der Waals surface area contributed by atoms with Crippen molar-refractivity contribution in [3.63, 3.8) is 0 Å². The first-order valence-corrected chi connectivity index (χ1v) is 10.6. The number of aromatic nitrogens is 1. The number of hydrazone groups is 1. The Bertz CT molecular complexity index is 1180. The van der Waals surface area contributed by atoms with Crippen LogP contribution in [0.3, 0.4) is 0 Å². The van der Waals surface area contributed by atoms with Gasteiger partial charge in [-0.05, 0) is 30.5 Å². The first kappa shape index (κ1) is 18.6. The SMILES string of the molecule is N#CC1(NC(=O)CC2=NNC(Cc3ccc4cc(-c5ccccc5)sc4n3)O2)CC1. The highest BCUT2D eigenvalue weighted by Crippen LogP contribution is 2.34. The lowest BCUT2D eigenvalue weighted by atomic mass is 10.1. The van der Waals surface area contributed by atoms with Gasteiger partial charge in [-0.15, -0.1) is 16.4 Å². The molecule has 150 valence electrons. The van der Waals surface area contributed by atoms with Crippen LogP contribution in [0.4, 0.5) is 0 Å². The van der Waals surface area contributed by atoms with Crippen molar-refractivity contribution in [2.45, 2.75) is 37.5 Å². The van der Waals surface area contributed by atoms with E-state index in [-0.39, 0.29) is 18.6 Å². The number of fused-ring (bicyclic) bond motifs is 1. The van der Waals surface area contributed by atoms with Gasteiger partial charge in [0.05, 0.1) is 6.07 Å². The summed E-state index contributed by atoms with van der Waals surface area (Å²) in [5.41, 5.74) is 4.31. The molecule has 8 heteroatoms. The number of ether oxygens (including phenoxy) is 1. The molecular weight excluding hydrogens is 398 g/mol. The Balaban J connectivity index is 1.20. The van der Waals surface area contributed by atoms with Crippen molar-refractivity contribution in [2.75, 3.05) is 0 Å². The van der Waals surface area contributed by atoms with Crippen molar-refractivity contribution >= 4 is 33.4 Å². The number of carbonyl (C=O) groups excluding carboxylic acids is 1. The minimum atomic E-state index is -0.679. The average Bonchev–Trinajstić information content (AvgIpc) is 3.18. The second-order valence-electron chi connectivity index (χ2n) is 7.54. The third kappa shape index (κ3) is 3.84. The topological polar surface area (TPSA) is 99.4 Å². The molecule has 30 heavy (non-hydrogen) atoms. The fraction of sp³-hybridized carbons (Fsp3) is 0.273. The number of benzene rings is 1.